The van der Waals surface area contributed by atoms with E-state index in [-0.39, 0.29) is 17.3 Å². The first-order chi connectivity index (χ1) is 9.96. The summed E-state index contributed by atoms with van der Waals surface area (Å²) < 4.78 is 17.8. The van der Waals surface area contributed by atoms with E-state index in [0.717, 1.165) is 12.0 Å². The van der Waals surface area contributed by atoms with Crippen LogP contribution in [0, 0.1) is 0 Å². The second kappa shape index (κ2) is 5.24. The highest BCUT2D eigenvalue weighted by molar-refractivity contribution is 5.39. The molecule has 0 aliphatic carbocycles. The third kappa shape index (κ3) is 2.44. The Kier molecular flexibility index (Phi) is 3.68. The Hall–Kier alpha value is -1.16. The van der Waals surface area contributed by atoms with Crippen LogP contribution in [-0.2, 0) is 20.8 Å². The molecule has 2 heterocycles. The van der Waals surface area contributed by atoms with Crippen molar-refractivity contribution >= 4 is 0 Å². The molecule has 2 bridgehead atoms. The van der Waals surface area contributed by atoms with Crippen molar-refractivity contribution in [1.82, 2.24) is 0 Å². The molecule has 0 spiro atoms. The average Bonchev–Trinajstić information content (AvgIpc) is 2.84. The average molecular weight is 288 g/mol. The highest BCUT2D eigenvalue weighted by atomic mass is 16.7. The fraction of sp³-hybridized carbons (Fsp3) is 0.556. The SMILES string of the molecule is CC1=C(C)C2(C)OC1(C)CC2OCOCc1ccccc1. The number of hydrogen-bond acceptors (Lipinski definition) is 3. The maximum atomic E-state index is 6.25. The van der Waals surface area contributed by atoms with Crippen LogP contribution in [-0.4, -0.2) is 24.1 Å². The highest BCUT2D eigenvalue weighted by Gasteiger charge is 2.59. The van der Waals surface area contributed by atoms with Crippen molar-refractivity contribution in [2.24, 2.45) is 0 Å². The molecule has 1 fully saturated rings. The minimum atomic E-state index is -0.297. The number of rotatable bonds is 5. The third-order valence-corrected chi connectivity index (χ3v) is 5.19. The van der Waals surface area contributed by atoms with Crippen LogP contribution in [0.2, 0.25) is 0 Å². The normalized spacial score (nSPS) is 34.8. The predicted molar refractivity (Wildman–Crippen MR) is 81.9 cm³/mol. The van der Waals surface area contributed by atoms with Crippen molar-refractivity contribution in [1.29, 1.82) is 0 Å². The van der Waals surface area contributed by atoms with Crippen molar-refractivity contribution in [3.63, 3.8) is 0 Å². The molecule has 0 N–H and O–H groups in total. The van der Waals surface area contributed by atoms with Crippen LogP contribution in [0.3, 0.4) is 0 Å². The summed E-state index contributed by atoms with van der Waals surface area (Å²) in [4.78, 5) is 0. The summed E-state index contributed by atoms with van der Waals surface area (Å²) in [5.74, 6) is 0. The summed E-state index contributed by atoms with van der Waals surface area (Å²) in [6.45, 7) is 9.50. The zero-order valence-electron chi connectivity index (χ0n) is 13.3. The summed E-state index contributed by atoms with van der Waals surface area (Å²) in [6, 6.07) is 10.1. The molecular weight excluding hydrogens is 264 g/mol. The Morgan fingerprint density at radius 3 is 2.48 bits per heavy atom. The standard InChI is InChI=1S/C18H24O3/c1-13-14(2)18(4)16(10-17(13,3)21-18)20-12-19-11-15-8-6-5-7-9-15/h5-9,16H,10-12H2,1-4H3. The van der Waals surface area contributed by atoms with Gasteiger partial charge in [-0.05, 0) is 44.4 Å². The Bertz CT molecular complexity index is 551. The van der Waals surface area contributed by atoms with Gasteiger partial charge in [-0.1, -0.05) is 30.3 Å². The molecule has 3 rings (SSSR count). The lowest BCUT2D eigenvalue weighted by Crippen LogP contribution is -2.39. The van der Waals surface area contributed by atoms with Gasteiger partial charge in [0.15, 0.2) is 0 Å². The van der Waals surface area contributed by atoms with Crippen LogP contribution in [0.25, 0.3) is 0 Å². The zero-order chi connectivity index (χ0) is 15.1. The smallest absolute Gasteiger partial charge is 0.147 e. The van der Waals surface area contributed by atoms with Gasteiger partial charge < -0.3 is 14.2 Å². The molecule has 0 saturated carbocycles. The van der Waals surface area contributed by atoms with E-state index in [1.165, 1.54) is 11.1 Å². The molecule has 0 radical (unpaired) electrons. The second-order valence-electron chi connectivity index (χ2n) is 6.50. The Morgan fingerprint density at radius 2 is 1.86 bits per heavy atom. The van der Waals surface area contributed by atoms with Crippen molar-refractivity contribution in [2.45, 2.75) is 58.0 Å². The Morgan fingerprint density at radius 1 is 1.14 bits per heavy atom. The van der Waals surface area contributed by atoms with Crippen LogP contribution in [0.15, 0.2) is 41.5 Å². The van der Waals surface area contributed by atoms with Gasteiger partial charge in [-0.2, -0.15) is 0 Å². The Labute approximate surface area is 126 Å². The quantitative estimate of drug-likeness (QED) is 0.468. The van der Waals surface area contributed by atoms with Gasteiger partial charge in [0, 0.05) is 6.42 Å². The predicted octanol–water partition coefficient (Wildman–Crippen LogP) is 3.83. The minimum Gasteiger partial charge on any atom is -0.358 e. The van der Waals surface area contributed by atoms with Crippen molar-refractivity contribution in [2.75, 3.05) is 6.79 Å². The number of fused-ring (bicyclic) bond motifs is 2. The van der Waals surface area contributed by atoms with Gasteiger partial charge in [-0.3, -0.25) is 0 Å². The molecule has 114 valence electrons. The zero-order valence-corrected chi connectivity index (χ0v) is 13.3. The maximum Gasteiger partial charge on any atom is 0.147 e. The van der Waals surface area contributed by atoms with E-state index in [4.69, 9.17) is 14.2 Å². The van der Waals surface area contributed by atoms with Gasteiger partial charge in [0.25, 0.3) is 0 Å². The maximum absolute atomic E-state index is 6.25. The molecule has 0 aromatic heterocycles. The van der Waals surface area contributed by atoms with E-state index in [9.17, 15) is 0 Å². The summed E-state index contributed by atoms with van der Waals surface area (Å²) in [6.07, 6.45) is 0.975. The number of ether oxygens (including phenoxy) is 3. The van der Waals surface area contributed by atoms with E-state index in [1.54, 1.807) is 0 Å². The minimum absolute atomic E-state index is 0.0713. The van der Waals surface area contributed by atoms with E-state index in [2.05, 4.69) is 39.8 Å². The lowest BCUT2D eigenvalue weighted by Gasteiger charge is -2.31. The van der Waals surface area contributed by atoms with Crippen LogP contribution in [0.4, 0.5) is 0 Å². The van der Waals surface area contributed by atoms with Gasteiger partial charge in [-0.25, -0.2) is 0 Å². The van der Waals surface area contributed by atoms with Crippen molar-refractivity contribution in [3.05, 3.63) is 47.0 Å². The lowest BCUT2D eigenvalue weighted by atomic mass is 9.77. The largest absolute Gasteiger partial charge is 0.358 e. The van der Waals surface area contributed by atoms with Gasteiger partial charge in [-0.15, -0.1) is 0 Å². The molecule has 21 heavy (non-hydrogen) atoms. The van der Waals surface area contributed by atoms with Crippen molar-refractivity contribution in [3.8, 4) is 0 Å². The third-order valence-electron chi connectivity index (χ3n) is 5.19. The molecule has 1 saturated heterocycles. The summed E-state index contributed by atoms with van der Waals surface area (Å²) in [5.41, 5.74) is 3.37. The van der Waals surface area contributed by atoms with E-state index in [0.29, 0.717) is 13.4 Å². The molecule has 3 nitrogen and oxygen atoms in total. The van der Waals surface area contributed by atoms with E-state index in [1.807, 2.05) is 18.2 Å². The van der Waals surface area contributed by atoms with E-state index >= 15 is 0 Å². The molecule has 1 aromatic rings. The fourth-order valence-corrected chi connectivity index (χ4v) is 3.52. The van der Waals surface area contributed by atoms with Crippen LogP contribution >= 0.6 is 0 Å². The molecule has 0 amide bonds. The van der Waals surface area contributed by atoms with Gasteiger partial charge in [0.1, 0.15) is 12.4 Å². The monoisotopic (exact) mass is 288 g/mol. The molecular formula is C18H24O3. The summed E-state index contributed by atoms with van der Waals surface area (Å²) in [7, 11) is 0. The first-order valence-corrected chi connectivity index (χ1v) is 7.57. The van der Waals surface area contributed by atoms with E-state index < -0.39 is 0 Å². The molecule has 3 heteroatoms. The fourth-order valence-electron chi connectivity index (χ4n) is 3.52. The molecule has 1 aromatic carbocycles. The number of hydrogen-bond donors (Lipinski definition) is 0. The molecule has 3 unspecified atom stereocenters. The van der Waals surface area contributed by atoms with Gasteiger partial charge >= 0.3 is 0 Å². The lowest BCUT2D eigenvalue weighted by molar-refractivity contribution is -0.131. The molecule has 3 atom stereocenters. The summed E-state index contributed by atoms with van der Waals surface area (Å²) in [5, 5.41) is 0. The second-order valence-corrected chi connectivity index (χ2v) is 6.50. The topological polar surface area (TPSA) is 27.7 Å². The van der Waals surface area contributed by atoms with Crippen LogP contribution < -0.4 is 0 Å². The van der Waals surface area contributed by atoms with Gasteiger partial charge in [0.2, 0.25) is 0 Å². The van der Waals surface area contributed by atoms with Gasteiger partial charge in [0.05, 0.1) is 18.3 Å². The highest BCUT2D eigenvalue weighted by Crippen LogP contribution is 2.54. The Balaban J connectivity index is 1.54. The summed E-state index contributed by atoms with van der Waals surface area (Å²) >= 11 is 0. The van der Waals surface area contributed by atoms with Crippen molar-refractivity contribution < 1.29 is 14.2 Å². The first kappa shape index (κ1) is 14.8. The first-order valence-electron chi connectivity index (χ1n) is 7.57. The molecule has 2 aliphatic heterocycles. The van der Waals surface area contributed by atoms with Crippen LogP contribution in [0.1, 0.15) is 39.7 Å². The molecule has 2 aliphatic rings. The van der Waals surface area contributed by atoms with Crippen LogP contribution in [0.5, 0.6) is 0 Å². The number of benzene rings is 1.